The van der Waals surface area contributed by atoms with Gasteiger partial charge in [0.05, 0.1) is 0 Å². The highest BCUT2D eigenvalue weighted by atomic mass is 19.1. The second-order valence-corrected chi connectivity index (χ2v) is 6.09. The molecule has 3 atom stereocenters. The monoisotopic (exact) mass is 293 g/mol. The summed E-state index contributed by atoms with van der Waals surface area (Å²) in [4.78, 5) is 13.5. The maximum atomic E-state index is 13.2. The summed E-state index contributed by atoms with van der Waals surface area (Å²) >= 11 is 0. The quantitative estimate of drug-likeness (QED) is 0.929. The van der Waals surface area contributed by atoms with Crippen LogP contribution in [0.4, 0.5) is 4.39 Å². The molecular formula is C16H20FNO3. The lowest BCUT2D eigenvalue weighted by Gasteiger charge is -2.38. The highest BCUT2D eigenvalue weighted by molar-refractivity contribution is 5.74. The summed E-state index contributed by atoms with van der Waals surface area (Å²) in [6, 6.07) is 4.11. The van der Waals surface area contributed by atoms with E-state index >= 15 is 0 Å². The van der Waals surface area contributed by atoms with E-state index in [0.29, 0.717) is 13.0 Å². The average molecular weight is 293 g/mol. The molecular weight excluding hydrogens is 273 g/mol. The smallest absolute Gasteiger partial charge is 0.321 e. The molecule has 0 saturated carbocycles. The predicted molar refractivity (Wildman–Crippen MR) is 75.9 cm³/mol. The van der Waals surface area contributed by atoms with Gasteiger partial charge in [0.15, 0.2) is 0 Å². The summed E-state index contributed by atoms with van der Waals surface area (Å²) in [5, 5.41) is 9.43. The highest BCUT2D eigenvalue weighted by Crippen LogP contribution is 2.31. The van der Waals surface area contributed by atoms with Crippen LogP contribution in [0.3, 0.4) is 0 Å². The van der Waals surface area contributed by atoms with Crippen molar-refractivity contribution in [1.82, 2.24) is 4.90 Å². The third kappa shape index (κ3) is 2.88. The number of fused-ring (bicyclic) bond motifs is 1. The summed E-state index contributed by atoms with van der Waals surface area (Å²) in [6.45, 7) is 3.36. The number of hydrogen-bond donors (Lipinski definition) is 1. The second-order valence-electron chi connectivity index (χ2n) is 6.09. The van der Waals surface area contributed by atoms with Gasteiger partial charge in [-0.1, -0.05) is 6.92 Å². The number of aliphatic carboxylic acids is 1. The molecule has 0 aromatic heterocycles. The molecule has 21 heavy (non-hydrogen) atoms. The van der Waals surface area contributed by atoms with Crippen molar-refractivity contribution in [2.24, 2.45) is 5.92 Å². The lowest BCUT2D eigenvalue weighted by Crippen LogP contribution is -2.52. The number of piperidine rings is 1. The molecule has 1 saturated heterocycles. The van der Waals surface area contributed by atoms with Crippen LogP contribution in [-0.2, 0) is 11.2 Å². The van der Waals surface area contributed by atoms with E-state index in [1.807, 2.05) is 11.8 Å². The van der Waals surface area contributed by atoms with Gasteiger partial charge in [-0.15, -0.1) is 0 Å². The molecule has 2 aliphatic rings. The Morgan fingerprint density at radius 3 is 3.10 bits per heavy atom. The van der Waals surface area contributed by atoms with E-state index in [2.05, 4.69) is 0 Å². The van der Waals surface area contributed by atoms with Crippen molar-refractivity contribution in [2.45, 2.75) is 38.3 Å². The fourth-order valence-corrected chi connectivity index (χ4v) is 3.53. The summed E-state index contributed by atoms with van der Waals surface area (Å²) in [5.41, 5.74) is 0.872. The molecule has 1 aromatic carbocycles. The van der Waals surface area contributed by atoms with Crippen LogP contribution >= 0.6 is 0 Å². The number of halogens is 1. The van der Waals surface area contributed by atoms with Crippen LogP contribution in [0.5, 0.6) is 5.75 Å². The summed E-state index contributed by atoms with van der Waals surface area (Å²) in [6.07, 6.45) is 2.52. The topological polar surface area (TPSA) is 49.8 Å². The SMILES string of the molecule is CC1CCCN(CC2Cc3cc(F)ccc3O2)C1C(=O)O. The molecule has 5 heteroatoms. The zero-order valence-corrected chi connectivity index (χ0v) is 12.1. The van der Waals surface area contributed by atoms with Crippen LogP contribution in [-0.4, -0.2) is 41.2 Å². The Labute approximate surface area is 123 Å². The zero-order valence-electron chi connectivity index (χ0n) is 12.1. The molecule has 0 spiro atoms. The first-order valence-corrected chi connectivity index (χ1v) is 7.46. The van der Waals surface area contributed by atoms with Gasteiger partial charge in [-0.2, -0.15) is 0 Å². The van der Waals surface area contributed by atoms with Crippen LogP contribution in [0.2, 0.25) is 0 Å². The molecule has 4 nitrogen and oxygen atoms in total. The average Bonchev–Trinajstić information content (AvgIpc) is 2.79. The van der Waals surface area contributed by atoms with Gasteiger partial charge in [-0.05, 0) is 43.5 Å². The largest absolute Gasteiger partial charge is 0.488 e. The van der Waals surface area contributed by atoms with Gasteiger partial charge in [0.2, 0.25) is 0 Å². The van der Waals surface area contributed by atoms with Crippen molar-refractivity contribution in [3.63, 3.8) is 0 Å². The van der Waals surface area contributed by atoms with Gasteiger partial charge in [-0.25, -0.2) is 4.39 Å². The fourth-order valence-electron chi connectivity index (χ4n) is 3.53. The molecule has 3 rings (SSSR count). The van der Waals surface area contributed by atoms with Crippen molar-refractivity contribution in [1.29, 1.82) is 0 Å². The Morgan fingerprint density at radius 1 is 1.52 bits per heavy atom. The van der Waals surface area contributed by atoms with Crippen LogP contribution < -0.4 is 4.74 Å². The maximum absolute atomic E-state index is 13.2. The second kappa shape index (κ2) is 5.64. The summed E-state index contributed by atoms with van der Waals surface area (Å²) < 4.78 is 19.0. The van der Waals surface area contributed by atoms with Crippen molar-refractivity contribution < 1.29 is 19.0 Å². The van der Waals surface area contributed by atoms with Gasteiger partial charge in [0, 0.05) is 18.5 Å². The number of carboxylic acids is 1. The standard InChI is InChI=1S/C16H20FNO3/c1-10-3-2-6-18(15(10)16(19)20)9-13-8-11-7-12(17)4-5-14(11)21-13/h4-5,7,10,13,15H,2-3,6,8-9H2,1H3,(H,19,20). The van der Waals surface area contributed by atoms with Crippen LogP contribution in [0.15, 0.2) is 18.2 Å². The lowest BCUT2D eigenvalue weighted by molar-refractivity contribution is -0.147. The van der Waals surface area contributed by atoms with Gasteiger partial charge in [0.1, 0.15) is 23.7 Å². The normalized spacial score (nSPS) is 29.0. The number of hydrogen-bond acceptors (Lipinski definition) is 3. The molecule has 1 fully saturated rings. The van der Waals surface area contributed by atoms with Gasteiger partial charge in [0.25, 0.3) is 0 Å². The third-order valence-electron chi connectivity index (χ3n) is 4.49. The molecule has 114 valence electrons. The molecule has 1 aromatic rings. The van der Waals surface area contributed by atoms with E-state index in [9.17, 15) is 14.3 Å². The maximum Gasteiger partial charge on any atom is 0.321 e. The van der Waals surface area contributed by atoms with E-state index in [1.165, 1.54) is 12.1 Å². The number of likely N-dealkylation sites (tertiary alicyclic amines) is 1. The van der Waals surface area contributed by atoms with Crippen molar-refractivity contribution in [2.75, 3.05) is 13.1 Å². The first-order valence-electron chi connectivity index (χ1n) is 7.46. The Balaban J connectivity index is 1.68. The Morgan fingerprint density at radius 2 is 2.33 bits per heavy atom. The molecule has 0 amide bonds. The van der Waals surface area contributed by atoms with Gasteiger partial charge >= 0.3 is 5.97 Å². The van der Waals surface area contributed by atoms with Crippen LogP contribution in [0, 0.1) is 11.7 Å². The van der Waals surface area contributed by atoms with Gasteiger partial charge < -0.3 is 9.84 Å². The van der Waals surface area contributed by atoms with Crippen molar-refractivity contribution >= 4 is 5.97 Å². The Bertz CT molecular complexity index is 548. The number of carboxylic acid groups (broad SMARTS) is 1. The summed E-state index contributed by atoms with van der Waals surface area (Å²) in [5.74, 6) is -0.146. The minimum atomic E-state index is -0.760. The van der Waals surface area contributed by atoms with Gasteiger partial charge in [-0.3, -0.25) is 9.69 Å². The molecule has 0 bridgehead atoms. The lowest BCUT2D eigenvalue weighted by atomic mass is 9.90. The molecule has 0 aliphatic carbocycles. The molecule has 2 heterocycles. The Hall–Kier alpha value is -1.62. The third-order valence-corrected chi connectivity index (χ3v) is 4.49. The molecule has 1 N–H and O–H groups in total. The number of carbonyl (C=O) groups is 1. The number of nitrogens with zero attached hydrogens (tertiary/aromatic N) is 1. The van der Waals surface area contributed by atoms with E-state index in [-0.39, 0.29) is 17.8 Å². The number of rotatable bonds is 3. The minimum absolute atomic E-state index is 0.0889. The molecule has 3 unspecified atom stereocenters. The number of ether oxygens (including phenoxy) is 1. The van der Waals surface area contributed by atoms with E-state index in [1.54, 1.807) is 6.07 Å². The van der Waals surface area contributed by atoms with E-state index in [4.69, 9.17) is 4.74 Å². The van der Waals surface area contributed by atoms with E-state index in [0.717, 1.165) is 30.7 Å². The first kappa shape index (κ1) is 14.3. The number of benzene rings is 1. The molecule has 2 aliphatic heterocycles. The summed E-state index contributed by atoms with van der Waals surface area (Å²) in [7, 11) is 0. The van der Waals surface area contributed by atoms with Crippen LogP contribution in [0.1, 0.15) is 25.3 Å². The molecule has 0 radical (unpaired) electrons. The fraction of sp³-hybridized carbons (Fsp3) is 0.562. The first-order chi connectivity index (χ1) is 10.0. The van der Waals surface area contributed by atoms with Crippen molar-refractivity contribution in [3.8, 4) is 5.75 Å². The zero-order chi connectivity index (χ0) is 15.0. The van der Waals surface area contributed by atoms with Crippen molar-refractivity contribution in [3.05, 3.63) is 29.6 Å². The van der Waals surface area contributed by atoms with Crippen LogP contribution in [0.25, 0.3) is 0 Å². The minimum Gasteiger partial charge on any atom is -0.488 e. The Kier molecular flexibility index (Phi) is 3.85. The van der Waals surface area contributed by atoms with E-state index < -0.39 is 12.0 Å². The highest BCUT2D eigenvalue weighted by Gasteiger charge is 2.36. The predicted octanol–water partition coefficient (Wildman–Crippen LogP) is 2.31.